The summed E-state index contributed by atoms with van der Waals surface area (Å²) >= 11 is 0. The molecular weight excluding hydrogens is 186 g/mol. The van der Waals surface area contributed by atoms with Crippen LogP contribution in [-0.4, -0.2) is 6.21 Å². The molecule has 0 fully saturated rings. The lowest BCUT2D eigenvalue weighted by molar-refractivity contribution is 0.348. The molecule has 15 heavy (non-hydrogen) atoms. The van der Waals surface area contributed by atoms with E-state index in [4.69, 9.17) is 4.84 Å². The average molecular weight is 195 g/mol. The second-order valence-corrected chi connectivity index (χ2v) is 3.41. The molecule has 0 bridgehead atoms. The van der Waals surface area contributed by atoms with Crippen LogP contribution in [0.3, 0.4) is 0 Å². The number of rotatable bonds is 0. The summed E-state index contributed by atoms with van der Waals surface area (Å²) in [7, 11) is 0. The van der Waals surface area contributed by atoms with Gasteiger partial charge in [-0.2, -0.15) is 0 Å². The normalized spacial score (nSPS) is 13.3. The molecule has 0 amide bonds. The first-order chi connectivity index (χ1) is 7.45. The highest BCUT2D eigenvalue weighted by Crippen LogP contribution is 2.31. The zero-order valence-corrected chi connectivity index (χ0v) is 8.05. The van der Waals surface area contributed by atoms with E-state index < -0.39 is 0 Å². The van der Waals surface area contributed by atoms with Gasteiger partial charge in [0.05, 0.1) is 6.21 Å². The minimum atomic E-state index is 0.832. The third-order valence-electron chi connectivity index (χ3n) is 2.48. The van der Waals surface area contributed by atoms with Crippen molar-refractivity contribution in [3.8, 4) is 5.75 Å². The lowest BCUT2D eigenvalue weighted by Crippen LogP contribution is -1.86. The summed E-state index contributed by atoms with van der Waals surface area (Å²) in [4.78, 5) is 5.37. The van der Waals surface area contributed by atoms with E-state index in [-0.39, 0.29) is 0 Å². The van der Waals surface area contributed by atoms with Crippen LogP contribution >= 0.6 is 0 Å². The van der Waals surface area contributed by atoms with Gasteiger partial charge < -0.3 is 4.84 Å². The van der Waals surface area contributed by atoms with E-state index in [9.17, 15) is 0 Å². The van der Waals surface area contributed by atoms with Gasteiger partial charge in [-0.15, -0.1) is 0 Å². The van der Waals surface area contributed by atoms with Gasteiger partial charge in [0.15, 0.2) is 5.75 Å². The molecule has 0 aliphatic carbocycles. The van der Waals surface area contributed by atoms with E-state index in [1.54, 1.807) is 6.21 Å². The van der Waals surface area contributed by atoms with E-state index in [2.05, 4.69) is 17.3 Å². The summed E-state index contributed by atoms with van der Waals surface area (Å²) in [6.45, 7) is 0. The maximum Gasteiger partial charge on any atom is 0.172 e. The van der Waals surface area contributed by atoms with Crippen molar-refractivity contribution in [3.63, 3.8) is 0 Å². The van der Waals surface area contributed by atoms with Crippen LogP contribution in [0.5, 0.6) is 5.75 Å². The average Bonchev–Trinajstić information content (AvgIpc) is 2.54. The number of benzene rings is 2. The molecule has 0 aromatic heterocycles. The van der Waals surface area contributed by atoms with Gasteiger partial charge in [0.25, 0.3) is 0 Å². The largest absolute Gasteiger partial charge is 0.356 e. The third-order valence-corrected chi connectivity index (χ3v) is 2.48. The molecule has 0 saturated heterocycles. The van der Waals surface area contributed by atoms with Crippen molar-refractivity contribution in [3.05, 3.63) is 48.0 Å². The van der Waals surface area contributed by atoms with Gasteiger partial charge in [0.2, 0.25) is 0 Å². The molecule has 2 heteroatoms. The van der Waals surface area contributed by atoms with Gasteiger partial charge in [0, 0.05) is 10.9 Å². The monoisotopic (exact) mass is 195 g/mol. The molecule has 0 saturated carbocycles. The van der Waals surface area contributed by atoms with Gasteiger partial charge in [0.1, 0.15) is 0 Å². The van der Waals surface area contributed by atoms with E-state index in [1.165, 1.54) is 5.39 Å². The first-order valence-electron chi connectivity index (χ1n) is 4.84. The third kappa shape index (κ3) is 1.31. The van der Waals surface area contributed by atoms with Gasteiger partial charge in [-0.1, -0.05) is 41.6 Å². The molecule has 0 N–H and O–H groups in total. The Morgan fingerprint density at radius 3 is 2.93 bits per heavy atom. The van der Waals surface area contributed by atoms with Gasteiger partial charge in [-0.3, -0.25) is 0 Å². The van der Waals surface area contributed by atoms with Crippen molar-refractivity contribution in [2.75, 3.05) is 0 Å². The second-order valence-electron chi connectivity index (χ2n) is 3.41. The maximum atomic E-state index is 5.37. The van der Waals surface area contributed by atoms with E-state index in [0.717, 1.165) is 16.7 Å². The molecule has 2 aromatic carbocycles. The predicted molar refractivity (Wildman–Crippen MR) is 62.1 cm³/mol. The van der Waals surface area contributed by atoms with Gasteiger partial charge >= 0.3 is 0 Å². The number of hydrogen-bond donors (Lipinski definition) is 0. The predicted octanol–water partition coefficient (Wildman–Crippen LogP) is 3.23. The number of fused-ring (bicyclic) bond motifs is 3. The molecule has 0 radical (unpaired) electrons. The van der Waals surface area contributed by atoms with Crippen LogP contribution in [0.1, 0.15) is 5.56 Å². The smallest absolute Gasteiger partial charge is 0.172 e. The Kier molecular flexibility index (Phi) is 1.78. The minimum Gasteiger partial charge on any atom is -0.356 e. The van der Waals surface area contributed by atoms with Gasteiger partial charge in [-0.25, -0.2) is 0 Å². The van der Waals surface area contributed by atoms with Crippen molar-refractivity contribution in [2.24, 2.45) is 5.16 Å². The fourth-order valence-electron chi connectivity index (χ4n) is 1.76. The first-order valence-corrected chi connectivity index (χ1v) is 4.84. The Bertz CT molecular complexity index is 570. The van der Waals surface area contributed by atoms with E-state index in [1.807, 2.05) is 36.4 Å². The zero-order valence-electron chi connectivity index (χ0n) is 8.05. The summed E-state index contributed by atoms with van der Waals surface area (Å²) in [6, 6.07) is 12.3. The Hall–Kier alpha value is -2.09. The van der Waals surface area contributed by atoms with Crippen LogP contribution < -0.4 is 4.84 Å². The highest BCUT2D eigenvalue weighted by atomic mass is 16.6. The molecule has 3 rings (SSSR count). The Morgan fingerprint density at radius 2 is 1.93 bits per heavy atom. The summed E-state index contributed by atoms with van der Waals surface area (Å²) in [5.74, 6) is 0.832. The van der Waals surface area contributed by atoms with Crippen LogP contribution in [0.15, 0.2) is 47.6 Å². The van der Waals surface area contributed by atoms with E-state index in [0.29, 0.717) is 0 Å². The topological polar surface area (TPSA) is 21.6 Å². The van der Waals surface area contributed by atoms with Crippen LogP contribution in [0.4, 0.5) is 0 Å². The van der Waals surface area contributed by atoms with Crippen molar-refractivity contribution in [1.29, 1.82) is 0 Å². The molecule has 0 atom stereocenters. The quantitative estimate of drug-likeness (QED) is 0.632. The summed E-state index contributed by atoms with van der Waals surface area (Å²) in [5.41, 5.74) is 1.06. The lowest BCUT2D eigenvalue weighted by atomic mass is 10.1. The number of hydrogen-bond acceptors (Lipinski definition) is 2. The van der Waals surface area contributed by atoms with Crippen LogP contribution in [0.2, 0.25) is 0 Å². The molecule has 0 unspecified atom stereocenters. The van der Waals surface area contributed by atoms with Crippen molar-refractivity contribution in [1.82, 2.24) is 0 Å². The standard InChI is InChI=1S/C13H9NO/c1-2-6-12-10(4-1)7-8-11-5-3-9-14-15-13(11)12/h1-9H. The fraction of sp³-hybridized carbons (Fsp3) is 0. The van der Waals surface area contributed by atoms with Crippen molar-refractivity contribution >= 4 is 23.1 Å². The van der Waals surface area contributed by atoms with Crippen LogP contribution in [-0.2, 0) is 0 Å². The molecule has 1 aliphatic rings. The first kappa shape index (κ1) is 8.24. The molecule has 2 aromatic rings. The maximum absolute atomic E-state index is 5.37. The summed E-state index contributed by atoms with van der Waals surface area (Å²) in [6.07, 6.45) is 5.52. The summed E-state index contributed by atoms with van der Waals surface area (Å²) < 4.78 is 0. The zero-order chi connectivity index (χ0) is 10.1. The highest BCUT2D eigenvalue weighted by molar-refractivity contribution is 5.93. The molecule has 72 valence electrons. The number of nitrogens with zero attached hydrogens (tertiary/aromatic N) is 1. The Morgan fingerprint density at radius 1 is 1.00 bits per heavy atom. The van der Waals surface area contributed by atoms with Crippen molar-refractivity contribution in [2.45, 2.75) is 0 Å². The number of oxime groups is 1. The number of allylic oxidation sites excluding steroid dienone is 1. The summed E-state index contributed by atoms with van der Waals surface area (Å²) in [5, 5.41) is 6.11. The minimum absolute atomic E-state index is 0.832. The van der Waals surface area contributed by atoms with Crippen LogP contribution in [0.25, 0.3) is 16.8 Å². The molecule has 1 aliphatic heterocycles. The van der Waals surface area contributed by atoms with Crippen LogP contribution in [0, 0.1) is 0 Å². The second kappa shape index (κ2) is 3.24. The SMILES string of the molecule is C1=Cc2ccc3ccccc3c2ON=C1. The Balaban J connectivity index is 2.38. The van der Waals surface area contributed by atoms with Crippen molar-refractivity contribution < 1.29 is 4.84 Å². The highest BCUT2D eigenvalue weighted by Gasteiger charge is 2.07. The molecule has 2 nitrogen and oxygen atoms in total. The lowest BCUT2D eigenvalue weighted by Gasteiger charge is -2.06. The molecule has 1 heterocycles. The van der Waals surface area contributed by atoms with E-state index >= 15 is 0 Å². The Labute approximate surface area is 87.5 Å². The van der Waals surface area contributed by atoms with Gasteiger partial charge in [-0.05, 0) is 17.5 Å². The fourth-order valence-corrected chi connectivity index (χ4v) is 1.76. The molecule has 0 spiro atoms. The molecular formula is C13H9NO.